The van der Waals surface area contributed by atoms with Crippen LogP contribution in [0.4, 0.5) is 0 Å². The van der Waals surface area contributed by atoms with E-state index in [0.29, 0.717) is 11.5 Å². The van der Waals surface area contributed by atoms with Gasteiger partial charge < -0.3 is 4.74 Å². The molecule has 118 valence electrons. The zero-order valence-corrected chi connectivity index (χ0v) is 13.8. The van der Waals surface area contributed by atoms with Crippen LogP contribution in [0.3, 0.4) is 0 Å². The standard InChI is InChI=1S/C15H16O5S2/c1-3-22(18,19)15-10-6-13(7-11-15)20-12-4-8-14(9-5-12)21(2,16)17/h4-11H,3H2,1-2H3. The molecule has 0 aliphatic rings. The topological polar surface area (TPSA) is 77.5 Å². The van der Waals surface area contributed by atoms with Crippen molar-refractivity contribution in [3.05, 3.63) is 48.5 Å². The average Bonchev–Trinajstić information content (AvgIpc) is 2.47. The third-order valence-corrected chi connectivity index (χ3v) is 5.93. The van der Waals surface area contributed by atoms with Crippen LogP contribution in [0.25, 0.3) is 0 Å². The zero-order chi connectivity index (χ0) is 16.4. The molecule has 0 fully saturated rings. The van der Waals surface area contributed by atoms with Crippen molar-refractivity contribution in [2.45, 2.75) is 16.7 Å². The zero-order valence-electron chi connectivity index (χ0n) is 12.2. The van der Waals surface area contributed by atoms with Gasteiger partial charge in [-0.05, 0) is 48.5 Å². The van der Waals surface area contributed by atoms with Crippen molar-refractivity contribution in [3.8, 4) is 11.5 Å². The Balaban J connectivity index is 2.18. The highest BCUT2D eigenvalue weighted by atomic mass is 32.2. The Bertz CT molecular complexity index is 849. The highest BCUT2D eigenvalue weighted by molar-refractivity contribution is 7.91. The number of sulfone groups is 2. The summed E-state index contributed by atoms with van der Waals surface area (Å²) in [4.78, 5) is 0.457. The summed E-state index contributed by atoms with van der Waals surface area (Å²) >= 11 is 0. The summed E-state index contributed by atoms with van der Waals surface area (Å²) < 4.78 is 51.7. The van der Waals surface area contributed by atoms with Gasteiger partial charge in [0, 0.05) is 6.26 Å². The van der Waals surface area contributed by atoms with E-state index in [9.17, 15) is 16.8 Å². The van der Waals surface area contributed by atoms with Gasteiger partial charge >= 0.3 is 0 Å². The summed E-state index contributed by atoms with van der Waals surface area (Å²) in [6, 6.07) is 12.1. The van der Waals surface area contributed by atoms with Gasteiger partial charge in [-0.15, -0.1) is 0 Å². The molecule has 0 amide bonds. The fourth-order valence-electron chi connectivity index (χ4n) is 1.77. The van der Waals surface area contributed by atoms with Gasteiger partial charge in [-0.1, -0.05) is 6.92 Å². The van der Waals surface area contributed by atoms with Crippen molar-refractivity contribution >= 4 is 19.7 Å². The molecule has 5 nitrogen and oxygen atoms in total. The molecule has 0 spiro atoms. The normalized spacial score (nSPS) is 12.1. The molecule has 7 heteroatoms. The lowest BCUT2D eigenvalue weighted by Gasteiger charge is -2.07. The van der Waals surface area contributed by atoms with Crippen molar-refractivity contribution in [3.63, 3.8) is 0 Å². The predicted octanol–water partition coefficient (Wildman–Crippen LogP) is 2.68. The molecule has 0 bridgehead atoms. The summed E-state index contributed by atoms with van der Waals surface area (Å²) in [6.07, 6.45) is 1.13. The minimum absolute atomic E-state index is 0.0418. The molecule has 0 N–H and O–H groups in total. The molecule has 2 aromatic carbocycles. The van der Waals surface area contributed by atoms with Crippen LogP contribution in [0.2, 0.25) is 0 Å². The summed E-state index contributed by atoms with van der Waals surface area (Å²) in [5.41, 5.74) is 0. The molecule has 0 aliphatic carbocycles. The van der Waals surface area contributed by atoms with E-state index in [2.05, 4.69) is 0 Å². The second kappa shape index (κ2) is 6.10. The lowest BCUT2D eigenvalue weighted by molar-refractivity contribution is 0.481. The maximum absolute atomic E-state index is 11.7. The molecular formula is C15H16O5S2. The smallest absolute Gasteiger partial charge is 0.178 e. The SMILES string of the molecule is CCS(=O)(=O)c1ccc(Oc2ccc(S(C)(=O)=O)cc2)cc1. The fraction of sp³-hybridized carbons (Fsp3) is 0.200. The Morgan fingerprint density at radius 3 is 1.55 bits per heavy atom. The molecule has 2 aromatic rings. The predicted molar refractivity (Wildman–Crippen MR) is 83.8 cm³/mol. The van der Waals surface area contributed by atoms with Crippen molar-refractivity contribution < 1.29 is 21.6 Å². The maximum atomic E-state index is 11.7. The summed E-state index contributed by atoms with van der Waals surface area (Å²) in [5.74, 6) is 0.987. The van der Waals surface area contributed by atoms with E-state index in [1.165, 1.54) is 24.3 Å². The van der Waals surface area contributed by atoms with Crippen molar-refractivity contribution in [1.29, 1.82) is 0 Å². The maximum Gasteiger partial charge on any atom is 0.178 e. The first-order valence-electron chi connectivity index (χ1n) is 6.53. The summed E-state index contributed by atoms with van der Waals surface area (Å²) in [7, 11) is -6.47. The van der Waals surface area contributed by atoms with E-state index >= 15 is 0 Å². The van der Waals surface area contributed by atoms with E-state index in [1.54, 1.807) is 31.2 Å². The molecule has 0 aromatic heterocycles. The van der Waals surface area contributed by atoms with Crippen LogP contribution < -0.4 is 4.74 Å². The van der Waals surface area contributed by atoms with Gasteiger partial charge in [0.2, 0.25) is 0 Å². The average molecular weight is 340 g/mol. The quantitative estimate of drug-likeness (QED) is 0.836. The van der Waals surface area contributed by atoms with Crippen LogP contribution in [-0.2, 0) is 19.7 Å². The highest BCUT2D eigenvalue weighted by Crippen LogP contribution is 2.24. The van der Waals surface area contributed by atoms with E-state index in [4.69, 9.17) is 4.74 Å². The molecule has 0 saturated carbocycles. The molecular weight excluding hydrogens is 324 g/mol. The number of ether oxygens (including phenoxy) is 1. The van der Waals surface area contributed by atoms with Gasteiger partial charge in [-0.25, -0.2) is 16.8 Å². The summed E-state index contributed by atoms with van der Waals surface area (Å²) in [6.45, 7) is 1.59. The van der Waals surface area contributed by atoms with Crippen LogP contribution in [-0.4, -0.2) is 28.8 Å². The van der Waals surface area contributed by atoms with Gasteiger partial charge in [0.05, 0.1) is 15.5 Å². The van der Waals surface area contributed by atoms with Crippen molar-refractivity contribution in [1.82, 2.24) is 0 Å². The minimum atomic E-state index is -3.24. The summed E-state index contributed by atoms with van der Waals surface area (Å²) in [5, 5.41) is 0. The third kappa shape index (κ3) is 3.86. The van der Waals surface area contributed by atoms with Crippen molar-refractivity contribution in [2.24, 2.45) is 0 Å². The van der Waals surface area contributed by atoms with Crippen LogP contribution in [0.1, 0.15) is 6.92 Å². The number of rotatable bonds is 5. The number of hydrogen-bond acceptors (Lipinski definition) is 5. The van der Waals surface area contributed by atoms with Gasteiger partial charge in [0.15, 0.2) is 19.7 Å². The van der Waals surface area contributed by atoms with Crippen LogP contribution in [0, 0.1) is 0 Å². The van der Waals surface area contributed by atoms with Crippen LogP contribution in [0.5, 0.6) is 11.5 Å². The van der Waals surface area contributed by atoms with E-state index in [1.807, 2.05) is 0 Å². The monoisotopic (exact) mass is 340 g/mol. The molecule has 0 unspecified atom stereocenters. The first kappa shape index (κ1) is 16.5. The number of hydrogen-bond donors (Lipinski definition) is 0. The Morgan fingerprint density at radius 2 is 1.18 bits per heavy atom. The first-order valence-corrected chi connectivity index (χ1v) is 10.1. The largest absolute Gasteiger partial charge is 0.457 e. The van der Waals surface area contributed by atoms with E-state index < -0.39 is 19.7 Å². The van der Waals surface area contributed by atoms with Gasteiger partial charge in [-0.2, -0.15) is 0 Å². The molecule has 0 atom stereocenters. The Morgan fingerprint density at radius 1 is 0.773 bits per heavy atom. The van der Waals surface area contributed by atoms with Gasteiger partial charge in [0.1, 0.15) is 11.5 Å². The lowest BCUT2D eigenvalue weighted by Crippen LogP contribution is -2.03. The van der Waals surface area contributed by atoms with Crippen molar-refractivity contribution in [2.75, 3.05) is 12.0 Å². The fourth-order valence-corrected chi connectivity index (χ4v) is 3.29. The third-order valence-electron chi connectivity index (χ3n) is 3.05. The molecule has 0 radical (unpaired) electrons. The van der Waals surface area contributed by atoms with E-state index in [-0.39, 0.29) is 15.5 Å². The Labute approximate surface area is 130 Å². The molecule has 2 rings (SSSR count). The molecule has 0 saturated heterocycles. The number of benzene rings is 2. The Hall–Kier alpha value is -1.86. The minimum Gasteiger partial charge on any atom is -0.457 e. The second-order valence-electron chi connectivity index (χ2n) is 4.72. The molecule has 0 aliphatic heterocycles. The second-order valence-corrected chi connectivity index (χ2v) is 9.01. The highest BCUT2D eigenvalue weighted by Gasteiger charge is 2.11. The van der Waals surface area contributed by atoms with Crippen LogP contribution >= 0.6 is 0 Å². The van der Waals surface area contributed by atoms with Gasteiger partial charge in [-0.3, -0.25) is 0 Å². The van der Waals surface area contributed by atoms with Gasteiger partial charge in [0.25, 0.3) is 0 Å². The lowest BCUT2D eigenvalue weighted by atomic mass is 10.3. The first-order chi connectivity index (χ1) is 10.2. The van der Waals surface area contributed by atoms with E-state index in [0.717, 1.165) is 6.26 Å². The Kier molecular flexibility index (Phi) is 4.58. The van der Waals surface area contributed by atoms with Crippen LogP contribution in [0.15, 0.2) is 58.3 Å². The molecule has 22 heavy (non-hydrogen) atoms. The molecule has 0 heterocycles.